The summed E-state index contributed by atoms with van der Waals surface area (Å²) >= 11 is 0. The Balaban J connectivity index is 1.68. The fourth-order valence-electron chi connectivity index (χ4n) is 4.80. The van der Waals surface area contributed by atoms with Crippen LogP contribution in [0.1, 0.15) is 146 Å². The summed E-state index contributed by atoms with van der Waals surface area (Å²) in [6.07, 6.45) is 19.0. The maximum Gasteiger partial charge on any atom is 0.343 e. The van der Waals surface area contributed by atoms with Gasteiger partial charge in [-0.1, -0.05) is 110 Å². The first-order valence-corrected chi connectivity index (χ1v) is 15.8. The van der Waals surface area contributed by atoms with E-state index in [1.807, 2.05) is 36.4 Å². The average Bonchev–Trinajstić information content (AvgIpc) is 2.95. The molecule has 0 N–H and O–H groups in total. The molecule has 39 heavy (non-hydrogen) atoms. The molecule has 0 amide bonds. The van der Waals surface area contributed by atoms with Gasteiger partial charge in [0.2, 0.25) is 0 Å². The molecule has 0 aromatic heterocycles. The predicted molar refractivity (Wildman–Crippen MR) is 163 cm³/mol. The van der Waals surface area contributed by atoms with Crippen LogP contribution in [0.5, 0.6) is 11.5 Å². The second-order valence-electron chi connectivity index (χ2n) is 10.8. The van der Waals surface area contributed by atoms with Crippen LogP contribution in [0.2, 0.25) is 0 Å². The van der Waals surface area contributed by atoms with Gasteiger partial charge in [-0.3, -0.25) is 0 Å². The number of rotatable bonds is 22. The average molecular weight is 539 g/mol. The van der Waals surface area contributed by atoms with Crippen LogP contribution in [-0.4, -0.2) is 18.7 Å². The number of unbranched alkanes of at least 4 members (excludes halogenated alkanes) is 10. The van der Waals surface area contributed by atoms with Gasteiger partial charge < -0.3 is 14.2 Å². The molecule has 4 nitrogen and oxygen atoms in total. The van der Waals surface area contributed by atoms with Gasteiger partial charge in [-0.05, 0) is 68.1 Å². The zero-order chi connectivity index (χ0) is 28.1. The zero-order valence-corrected chi connectivity index (χ0v) is 25.2. The lowest BCUT2D eigenvalue weighted by Crippen LogP contribution is -2.16. The van der Waals surface area contributed by atoms with Crippen molar-refractivity contribution in [2.45, 2.75) is 136 Å². The lowest BCUT2D eigenvalue weighted by atomic mass is 10.1. The Morgan fingerprint density at radius 3 is 1.79 bits per heavy atom. The van der Waals surface area contributed by atoms with Crippen molar-refractivity contribution >= 4 is 5.97 Å². The van der Waals surface area contributed by atoms with Crippen molar-refractivity contribution < 1.29 is 19.0 Å². The van der Waals surface area contributed by atoms with Crippen LogP contribution in [0.4, 0.5) is 0 Å². The van der Waals surface area contributed by atoms with Gasteiger partial charge in [0.25, 0.3) is 0 Å². The molecule has 2 unspecified atom stereocenters. The number of carbonyl (C=O) groups excluding carboxylic acids is 1. The van der Waals surface area contributed by atoms with Gasteiger partial charge in [0.05, 0.1) is 17.8 Å². The smallest absolute Gasteiger partial charge is 0.343 e. The number of esters is 1. The van der Waals surface area contributed by atoms with Crippen molar-refractivity contribution in [1.29, 1.82) is 0 Å². The van der Waals surface area contributed by atoms with E-state index in [9.17, 15) is 4.79 Å². The summed E-state index contributed by atoms with van der Waals surface area (Å²) in [5, 5.41) is 0. The van der Waals surface area contributed by atoms with Crippen LogP contribution in [0.25, 0.3) is 0 Å². The molecule has 2 aromatic carbocycles. The molecule has 0 spiro atoms. The molecular formula is C35H54O4. The highest BCUT2D eigenvalue weighted by Gasteiger charge is 2.13. The first-order valence-electron chi connectivity index (χ1n) is 15.8. The standard InChI is InChI=1S/C35H54O4/c1-5-8-10-11-12-13-14-15-16-17-28-37-29(4)30-20-22-31(23-21-30)35(36)39-34-26-24-33(25-27-34)38-32(18-7-3)19-9-6-2/h20-27,29,32H,5-19,28H2,1-4H3. The van der Waals surface area contributed by atoms with E-state index in [1.165, 1.54) is 70.6 Å². The summed E-state index contributed by atoms with van der Waals surface area (Å²) in [6.45, 7) is 9.50. The molecular weight excluding hydrogens is 484 g/mol. The molecule has 0 bridgehead atoms. The van der Waals surface area contributed by atoms with Crippen molar-refractivity contribution in [3.8, 4) is 11.5 Å². The molecule has 0 aliphatic rings. The van der Waals surface area contributed by atoms with E-state index in [2.05, 4.69) is 27.7 Å². The number of carbonyl (C=O) groups is 1. The van der Waals surface area contributed by atoms with Gasteiger partial charge in [0, 0.05) is 6.61 Å². The Morgan fingerprint density at radius 1 is 0.641 bits per heavy atom. The third kappa shape index (κ3) is 14.0. The van der Waals surface area contributed by atoms with Gasteiger partial charge >= 0.3 is 5.97 Å². The summed E-state index contributed by atoms with van der Waals surface area (Å²) in [5.74, 6) is 0.978. The highest BCUT2D eigenvalue weighted by atomic mass is 16.5. The van der Waals surface area contributed by atoms with E-state index in [4.69, 9.17) is 14.2 Å². The minimum atomic E-state index is -0.360. The Bertz CT molecular complexity index is 875. The molecule has 218 valence electrons. The van der Waals surface area contributed by atoms with Gasteiger partial charge in [0.15, 0.2) is 0 Å². The van der Waals surface area contributed by atoms with Crippen LogP contribution in [-0.2, 0) is 4.74 Å². The normalized spacial score (nSPS) is 12.7. The first-order chi connectivity index (χ1) is 19.1. The van der Waals surface area contributed by atoms with Crippen LogP contribution in [0, 0.1) is 0 Å². The topological polar surface area (TPSA) is 44.8 Å². The Morgan fingerprint density at radius 2 is 1.21 bits per heavy atom. The van der Waals surface area contributed by atoms with Crippen molar-refractivity contribution in [3.63, 3.8) is 0 Å². The molecule has 2 atom stereocenters. The van der Waals surface area contributed by atoms with E-state index in [-0.39, 0.29) is 18.2 Å². The third-order valence-electron chi connectivity index (χ3n) is 7.31. The monoisotopic (exact) mass is 538 g/mol. The second kappa shape index (κ2) is 20.6. The molecule has 4 heteroatoms. The maximum atomic E-state index is 12.7. The molecule has 2 aromatic rings. The molecule has 0 heterocycles. The number of ether oxygens (including phenoxy) is 3. The number of hydrogen-bond acceptors (Lipinski definition) is 4. The van der Waals surface area contributed by atoms with Crippen molar-refractivity contribution in [1.82, 2.24) is 0 Å². The second-order valence-corrected chi connectivity index (χ2v) is 10.8. The highest BCUT2D eigenvalue weighted by Crippen LogP contribution is 2.23. The van der Waals surface area contributed by atoms with Gasteiger partial charge in [-0.25, -0.2) is 4.79 Å². The summed E-state index contributed by atoms with van der Waals surface area (Å²) in [6, 6.07) is 14.9. The minimum Gasteiger partial charge on any atom is -0.490 e. The minimum absolute atomic E-state index is 0.00930. The summed E-state index contributed by atoms with van der Waals surface area (Å²) < 4.78 is 17.8. The summed E-state index contributed by atoms with van der Waals surface area (Å²) in [4.78, 5) is 12.7. The van der Waals surface area contributed by atoms with E-state index in [0.29, 0.717) is 11.3 Å². The fourth-order valence-corrected chi connectivity index (χ4v) is 4.80. The van der Waals surface area contributed by atoms with Crippen molar-refractivity contribution in [2.24, 2.45) is 0 Å². The van der Waals surface area contributed by atoms with E-state index in [1.54, 1.807) is 12.1 Å². The Labute approximate surface area is 238 Å². The number of hydrogen-bond donors (Lipinski definition) is 0. The Hall–Kier alpha value is -2.33. The fraction of sp³-hybridized carbons (Fsp3) is 0.629. The lowest BCUT2D eigenvalue weighted by Gasteiger charge is -2.18. The van der Waals surface area contributed by atoms with Crippen LogP contribution in [0.15, 0.2) is 48.5 Å². The summed E-state index contributed by atoms with van der Waals surface area (Å²) in [7, 11) is 0. The number of benzene rings is 2. The predicted octanol–water partition coefficient (Wildman–Crippen LogP) is 10.6. The van der Waals surface area contributed by atoms with E-state index >= 15 is 0 Å². The van der Waals surface area contributed by atoms with Gasteiger partial charge in [-0.2, -0.15) is 0 Å². The van der Waals surface area contributed by atoms with Crippen molar-refractivity contribution in [3.05, 3.63) is 59.7 Å². The molecule has 0 aliphatic heterocycles. The van der Waals surface area contributed by atoms with Crippen LogP contribution < -0.4 is 9.47 Å². The van der Waals surface area contributed by atoms with E-state index < -0.39 is 0 Å². The summed E-state index contributed by atoms with van der Waals surface area (Å²) in [5.41, 5.74) is 1.60. The molecule has 2 rings (SSSR count). The molecule has 0 fully saturated rings. The van der Waals surface area contributed by atoms with Gasteiger partial charge in [-0.15, -0.1) is 0 Å². The zero-order valence-electron chi connectivity index (χ0n) is 25.2. The van der Waals surface area contributed by atoms with Crippen LogP contribution >= 0.6 is 0 Å². The van der Waals surface area contributed by atoms with Crippen LogP contribution in [0.3, 0.4) is 0 Å². The molecule has 0 saturated carbocycles. The molecule has 0 aliphatic carbocycles. The highest BCUT2D eigenvalue weighted by molar-refractivity contribution is 5.91. The molecule has 0 radical (unpaired) electrons. The quantitative estimate of drug-likeness (QED) is 0.0849. The SMILES string of the molecule is CCCCCCCCCCCCOC(C)c1ccc(C(=O)Oc2ccc(OC(CCC)CCCC)cc2)cc1. The van der Waals surface area contributed by atoms with Gasteiger partial charge in [0.1, 0.15) is 11.5 Å². The molecule has 0 saturated heterocycles. The maximum absolute atomic E-state index is 12.7. The Kier molecular flexibility index (Phi) is 17.3. The van der Waals surface area contributed by atoms with E-state index in [0.717, 1.165) is 43.6 Å². The van der Waals surface area contributed by atoms with Crippen molar-refractivity contribution in [2.75, 3.05) is 6.61 Å². The first kappa shape index (κ1) is 32.9. The largest absolute Gasteiger partial charge is 0.490 e. The third-order valence-corrected chi connectivity index (χ3v) is 7.31. The lowest BCUT2D eigenvalue weighted by molar-refractivity contribution is 0.0626.